The molecule has 0 aliphatic carbocycles. The Morgan fingerprint density at radius 2 is 1.70 bits per heavy atom. The van der Waals surface area contributed by atoms with Crippen LogP contribution in [0.3, 0.4) is 0 Å². The van der Waals surface area contributed by atoms with Crippen molar-refractivity contribution in [3.8, 4) is 0 Å². The molecule has 8 heteroatoms. The molecule has 0 aromatic heterocycles. The minimum atomic E-state index is -1.37. The molecule has 0 spiro atoms. The van der Waals surface area contributed by atoms with E-state index in [2.05, 4.69) is 0 Å². The van der Waals surface area contributed by atoms with Crippen LogP contribution >= 0.6 is 0 Å². The van der Waals surface area contributed by atoms with Gasteiger partial charge in [0.2, 0.25) is 0 Å². The van der Waals surface area contributed by atoms with Gasteiger partial charge >= 0.3 is 5.97 Å². The molecule has 5 nitrogen and oxygen atoms in total. The predicted molar refractivity (Wildman–Crippen MR) is 60.5 cm³/mol. The number of amides is 1. The van der Waals surface area contributed by atoms with Gasteiger partial charge in [-0.05, 0) is 12.8 Å². The van der Waals surface area contributed by atoms with Crippen molar-refractivity contribution in [3.05, 3.63) is 29.6 Å². The molecule has 2 atom stereocenters. The van der Waals surface area contributed by atoms with Gasteiger partial charge in [0, 0.05) is 12.1 Å². The number of ether oxygens (including phenoxy) is 1. The summed E-state index contributed by atoms with van der Waals surface area (Å²) in [6.07, 6.45) is -1.87. The molecule has 1 saturated heterocycles. The number of carbonyl (C=O) groups is 2. The minimum absolute atomic E-state index is 0.147. The number of carboxylic acids is 1. The number of carbonyl (C=O) groups excluding carboxylic acids is 1. The zero-order valence-corrected chi connectivity index (χ0v) is 10.0. The van der Waals surface area contributed by atoms with Crippen LogP contribution in [0.15, 0.2) is 12.1 Å². The number of carboxylic acid groups (broad SMARTS) is 1. The largest absolute Gasteiger partial charge is 0.479 e. The molecule has 1 aromatic rings. The fraction of sp³-hybridized carbons (Fsp3) is 0.333. The van der Waals surface area contributed by atoms with E-state index in [4.69, 9.17) is 9.84 Å². The van der Waals surface area contributed by atoms with Gasteiger partial charge in [0.05, 0.1) is 5.69 Å². The van der Waals surface area contributed by atoms with Crippen molar-refractivity contribution >= 4 is 17.6 Å². The lowest BCUT2D eigenvalue weighted by molar-refractivity contribution is -0.150. The first-order valence-electron chi connectivity index (χ1n) is 5.72. The van der Waals surface area contributed by atoms with Crippen LogP contribution in [-0.2, 0) is 14.3 Å². The number of hydrogen-bond donors (Lipinski definition) is 2. The average molecular weight is 289 g/mol. The number of anilines is 1. The summed E-state index contributed by atoms with van der Waals surface area (Å²) in [5, 5.41) is 10.7. The smallest absolute Gasteiger partial charge is 0.332 e. The molecule has 2 N–H and O–H groups in total. The molecule has 1 aliphatic heterocycles. The molecular weight excluding hydrogens is 279 g/mol. The second kappa shape index (κ2) is 5.49. The lowest BCUT2D eigenvalue weighted by Crippen LogP contribution is -2.30. The lowest BCUT2D eigenvalue weighted by Gasteiger charge is -2.12. The van der Waals surface area contributed by atoms with Crippen molar-refractivity contribution in [2.45, 2.75) is 25.0 Å². The first-order valence-corrected chi connectivity index (χ1v) is 5.72. The molecule has 0 radical (unpaired) electrons. The number of aliphatic carboxylic acids is 1. The Bertz CT molecular complexity index is 564. The highest BCUT2D eigenvalue weighted by molar-refractivity contribution is 5.94. The van der Waals surface area contributed by atoms with Crippen LogP contribution in [0.4, 0.5) is 18.9 Å². The third-order valence-corrected chi connectivity index (χ3v) is 2.86. The first kappa shape index (κ1) is 14.3. The molecule has 1 heterocycles. The summed E-state index contributed by atoms with van der Waals surface area (Å²) < 4.78 is 43.9. The van der Waals surface area contributed by atoms with Crippen LogP contribution in [0.2, 0.25) is 0 Å². The summed E-state index contributed by atoms with van der Waals surface area (Å²) in [6.45, 7) is 0. The fourth-order valence-electron chi connectivity index (χ4n) is 1.84. The molecule has 1 fully saturated rings. The van der Waals surface area contributed by atoms with Crippen LogP contribution in [0.1, 0.15) is 12.8 Å². The van der Waals surface area contributed by atoms with E-state index in [-0.39, 0.29) is 12.8 Å². The quantitative estimate of drug-likeness (QED) is 0.830. The van der Waals surface area contributed by atoms with E-state index in [0.717, 1.165) is 0 Å². The van der Waals surface area contributed by atoms with Crippen LogP contribution < -0.4 is 5.32 Å². The highest BCUT2D eigenvalue weighted by Gasteiger charge is 2.35. The molecule has 1 aliphatic rings. The third-order valence-electron chi connectivity index (χ3n) is 2.86. The number of rotatable bonds is 3. The van der Waals surface area contributed by atoms with Gasteiger partial charge in [0.1, 0.15) is 11.9 Å². The Morgan fingerprint density at radius 1 is 1.10 bits per heavy atom. The molecule has 108 valence electrons. The van der Waals surface area contributed by atoms with Crippen molar-refractivity contribution < 1.29 is 32.6 Å². The summed E-state index contributed by atoms with van der Waals surface area (Å²) in [4.78, 5) is 22.4. The van der Waals surface area contributed by atoms with Crippen LogP contribution in [-0.4, -0.2) is 29.2 Å². The monoisotopic (exact) mass is 289 g/mol. The Labute approximate surface area is 111 Å². The Hall–Kier alpha value is -2.09. The maximum absolute atomic E-state index is 13.3. The minimum Gasteiger partial charge on any atom is -0.479 e. The van der Waals surface area contributed by atoms with Crippen molar-refractivity contribution in [1.29, 1.82) is 0 Å². The van der Waals surface area contributed by atoms with Crippen LogP contribution in [0.25, 0.3) is 0 Å². The molecular formula is C12H10F3NO4. The predicted octanol–water partition coefficient (Wildman–Crippen LogP) is 1.67. The second-order valence-electron chi connectivity index (χ2n) is 4.26. The molecule has 1 aromatic carbocycles. The molecule has 2 rings (SSSR count). The number of nitrogens with one attached hydrogen (secondary N) is 1. The van der Waals surface area contributed by atoms with Gasteiger partial charge in [0.15, 0.2) is 17.7 Å². The SMILES string of the molecule is O=C(O)C1CCC(C(=O)Nc2cc(F)c(F)cc2F)O1. The number of benzene rings is 1. The zero-order valence-electron chi connectivity index (χ0n) is 10.0. The summed E-state index contributed by atoms with van der Waals surface area (Å²) in [5.41, 5.74) is -0.531. The van der Waals surface area contributed by atoms with Gasteiger partial charge in [0.25, 0.3) is 5.91 Å². The van der Waals surface area contributed by atoms with Crippen molar-refractivity contribution in [3.63, 3.8) is 0 Å². The Morgan fingerprint density at radius 3 is 2.30 bits per heavy atom. The van der Waals surface area contributed by atoms with Gasteiger partial charge in [-0.1, -0.05) is 0 Å². The number of hydrogen-bond acceptors (Lipinski definition) is 3. The van der Waals surface area contributed by atoms with Gasteiger partial charge in [-0.3, -0.25) is 4.79 Å². The molecule has 20 heavy (non-hydrogen) atoms. The molecule has 2 unspecified atom stereocenters. The van der Waals surface area contributed by atoms with Crippen molar-refractivity contribution in [2.75, 3.05) is 5.32 Å². The zero-order chi connectivity index (χ0) is 14.9. The van der Waals surface area contributed by atoms with E-state index < -0.39 is 47.2 Å². The summed E-state index contributed by atoms with van der Waals surface area (Å²) in [7, 11) is 0. The fourth-order valence-corrected chi connectivity index (χ4v) is 1.84. The highest BCUT2D eigenvalue weighted by Crippen LogP contribution is 2.23. The van der Waals surface area contributed by atoms with E-state index >= 15 is 0 Å². The molecule has 1 amide bonds. The summed E-state index contributed by atoms with van der Waals surface area (Å²) >= 11 is 0. The topological polar surface area (TPSA) is 75.6 Å². The van der Waals surface area contributed by atoms with E-state index in [1.807, 2.05) is 5.32 Å². The van der Waals surface area contributed by atoms with Gasteiger partial charge < -0.3 is 15.2 Å². The van der Waals surface area contributed by atoms with Gasteiger partial charge in [-0.2, -0.15) is 0 Å². The summed E-state index contributed by atoms with van der Waals surface area (Å²) in [6, 6.07) is 0.812. The van der Waals surface area contributed by atoms with E-state index in [1.165, 1.54) is 0 Å². The molecule has 0 saturated carbocycles. The normalized spacial score (nSPS) is 21.8. The van der Waals surface area contributed by atoms with E-state index in [9.17, 15) is 22.8 Å². The van der Waals surface area contributed by atoms with Crippen molar-refractivity contribution in [2.24, 2.45) is 0 Å². The highest BCUT2D eigenvalue weighted by atomic mass is 19.2. The average Bonchev–Trinajstić information content (AvgIpc) is 2.85. The first-order chi connectivity index (χ1) is 9.38. The van der Waals surface area contributed by atoms with Crippen molar-refractivity contribution in [1.82, 2.24) is 0 Å². The molecule has 0 bridgehead atoms. The van der Waals surface area contributed by atoms with Gasteiger partial charge in [-0.15, -0.1) is 0 Å². The van der Waals surface area contributed by atoms with Crippen LogP contribution in [0.5, 0.6) is 0 Å². The standard InChI is InChI=1S/C12H10F3NO4/c13-5-3-7(15)8(4-6(5)14)16-11(17)9-1-2-10(20-9)12(18)19/h3-4,9-10H,1-2H2,(H,16,17)(H,18,19). The maximum atomic E-state index is 13.3. The third kappa shape index (κ3) is 2.90. The number of halogens is 3. The second-order valence-corrected chi connectivity index (χ2v) is 4.26. The Kier molecular flexibility index (Phi) is 3.93. The van der Waals surface area contributed by atoms with Crippen LogP contribution in [0, 0.1) is 17.5 Å². The van der Waals surface area contributed by atoms with E-state index in [0.29, 0.717) is 12.1 Å². The summed E-state index contributed by atoms with van der Waals surface area (Å²) in [5.74, 6) is -5.82. The van der Waals surface area contributed by atoms with E-state index in [1.54, 1.807) is 0 Å². The Balaban J connectivity index is 2.06. The maximum Gasteiger partial charge on any atom is 0.332 e. The lowest BCUT2D eigenvalue weighted by atomic mass is 10.2. The van der Waals surface area contributed by atoms with Gasteiger partial charge in [-0.25, -0.2) is 18.0 Å².